The van der Waals surface area contributed by atoms with E-state index in [0.29, 0.717) is 6.42 Å². The first-order chi connectivity index (χ1) is 9.60. The highest BCUT2D eigenvalue weighted by molar-refractivity contribution is 5.84. The maximum absolute atomic E-state index is 11.9. The van der Waals surface area contributed by atoms with Gasteiger partial charge < -0.3 is 14.2 Å². The Morgan fingerprint density at radius 3 is 2.60 bits per heavy atom. The van der Waals surface area contributed by atoms with Crippen LogP contribution in [-0.4, -0.2) is 38.2 Å². The molecular formula is C14H18O6. The Hall–Kier alpha value is -2.11. The summed E-state index contributed by atoms with van der Waals surface area (Å²) in [6.45, 7) is 3.14. The third-order valence-corrected chi connectivity index (χ3v) is 2.94. The molecule has 6 heteroatoms. The number of esters is 3. The molecule has 0 fully saturated rings. The van der Waals surface area contributed by atoms with Crippen LogP contribution < -0.4 is 0 Å². The highest BCUT2D eigenvalue weighted by Crippen LogP contribution is 2.27. The molecule has 0 saturated carbocycles. The number of carbonyl (C=O) groups excluding carboxylic acids is 3. The van der Waals surface area contributed by atoms with Gasteiger partial charge in [-0.15, -0.1) is 0 Å². The van der Waals surface area contributed by atoms with E-state index in [1.54, 1.807) is 6.08 Å². The summed E-state index contributed by atoms with van der Waals surface area (Å²) in [7, 11) is 1.29. The molecule has 6 nitrogen and oxygen atoms in total. The first-order valence-corrected chi connectivity index (χ1v) is 6.30. The SMILES string of the molecule is C=CC(=O)OCCOC(=O)C1C=CCCC1C(=O)OC. The van der Waals surface area contributed by atoms with Crippen LogP contribution in [0.25, 0.3) is 0 Å². The minimum atomic E-state index is -0.647. The molecule has 0 aromatic carbocycles. The van der Waals surface area contributed by atoms with Crippen molar-refractivity contribution in [1.29, 1.82) is 0 Å². The van der Waals surface area contributed by atoms with Gasteiger partial charge in [-0.3, -0.25) is 9.59 Å². The standard InChI is InChI=1S/C14H18O6/c1-3-12(15)19-8-9-20-14(17)11-7-5-4-6-10(11)13(16)18-2/h3,5,7,10-11H,1,4,6,8-9H2,2H3. The minimum absolute atomic E-state index is 0.0457. The summed E-state index contributed by atoms with van der Waals surface area (Å²) in [6.07, 6.45) is 5.79. The zero-order valence-corrected chi connectivity index (χ0v) is 11.4. The number of carbonyl (C=O) groups is 3. The van der Waals surface area contributed by atoms with Gasteiger partial charge in [0.05, 0.1) is 18.9 Å². The predicted octanol–water partition coefficient (Wildman–Crippen LogP) is 1.01. The summed E-state index contributed by atoms with van der Waals surface area (Å²) in [4.78, 5) is 34.3. The summed E-state index contributed by atoms with van der Waals surface area (Å²) < 4.78 is 14.4. The fraction of sp³-hybridized carbons (Fsp3) is 0.500. The van der Waals surface area contributed by atoms with Crippen molar-refractivity contribution >= 4 is 17.9 Å². The molecule has 1 rings (SSSR count). The number of hydrogen-bond acceptors (Lipinski definition) is 6. The maximum atomic E-state index is 11.9. The molecule has 2 unspecified atom stereocenters. The lowest BCUT2D eigenvalue weighted by Crippen LogP contribution is -2.33. The van der Waals surface area contributed by atoms with E-state index in [1.807, 2.05) is 6.08 Å². The Morgan fingerprint density at radius 1 is 1.25 bits per heavy atom. The van der Waals surface area contributed by atoms with E-state index in [-0.39, 0.29) is 13.2 Å². The maximum Gasteiger partial charge on any atom is 0.330 e. The van der Waals surface area contributed by atoms with Gasteiger partial charge in [-0.1, -0.05) is 18.7 Å². The van der Waals surface area contributed by atoms with E-state index in [9.17, 15) is 14.4 Å². The molecule has 0 spiro atoms. The van der Waals surface area contributed by atoms with Crippen LogP contribution in [0.5, 0.6) is 0 Å². The molecule has 0 aromatic rings. The van der Waals surface area contributed by atoms with Crippen LogP contribution in [0.4, 0.5) is 0 Å². The highest BCUT2D eigenvalue weighted by Gasteiger charge is 2.35. The van der Waals surface area contributed by atoms with Crippen LogP contribution in [0.2, 0.25) is 0 Å². The lowest BCUT2D eigenvalue weighted by molar-refractivity contribution is -0.159. The first-order valence-electron chi connectivity index (χ1n) is 6.30. The predicted molar refractivity (Wildman–Crippen MR) is 69.5 cm³/mol. The van der Waals surface area contributed by atoms with Crippen LogP contribution in [0.1, 0.15) is 12.8 Å². The lowest BCUT2D eigenvalue weighted by atomic mass is 9.84. The Bertz CT molecular complexity index is 412. The van der Waals surface area contributed by atoms with E-state index in [2.05, 4.69) is 16.1 Å². The topological polar surface area (TPSA) is 78.9 Å². The summed E-state index contributed by atoms with van der Waals surface area (Å²) in [5, 5.41) is 0. The molecule has 110 valence electrons. The molecule has 0 amide bonds. The minimum Gasteiger partial charge on any atom is -0.469 e. The van der Waals surface area contributed by atoms with Gasteiger partial charge in [0.15, 0.2) is 0 Å². The van der Waals surface area contributed by atoms with Gasteiger partial charge in [-0.05, 0) is 12.8 Å². The number of ether oxygens (including phenoxy) is 3. The van der Waals surface area contributed by atoms with Crippen molar-refractivity contribution in [2.75, 3.05) is 20.3 Å². The third-order valence-electron chi connectivity index (χ3n) is 2.94. The Labute approximate surface area is 117 Å². The smallest absolute Gasteiger partial charge is 0.330 e. The molecule has 1 aliphatic rings. The zero-order valence-electron chi connectivity index (χ0n) is 11.4. The van der Waals surface area contributed by atoms with Crippen molar-refractivity contribution in [3.63, 3.8) is 0 Å². The van der Waals surface area contributed by atoms with Gasteiger partial charge in [-0.25, -0.2) is 4.79 Å². The van der Waals surface area contributed by atoms with Crippen LogP contribution in [0, 0.1) is 11.8 Å². The fourth-order valence-electron chi connectivity index (χ4n) is 1.93. The van der Waals surface area contributed by atoms with Gasteiger partial charge in [-0.2, -0.15) is 0 Å². The van der Waals surface area contributed by atoms with E-state index < -0.39 is 29.7 Å². The van der Waals surface area contributed by atoms with Gasteiger partial charge >= 0.3 is 17.9 Å². The molecule has 0 radical (unpaired) electrons. The van der Waals surface area contributed by atoms with Gasteiger partial charge in [0.25, 0.3) is 0 Å². The Kier molecular flexibility index (Phi) is 6.49. The van der Waals surface area contributed by atoms with E-state index >= 15 is 0 Å². The molecule has 0 aromatic heterocycles. The highest BCUT2D eigenvalue weighted by atomic mass is 16.6. The number of rotatable bonds is 6. The second kappa shape index (κ2) is 8.14. The van der Waals surface area contributed by atoms with Crippen molar-refractivity contribution in [2.45, 2.75) is 12.8 Å². The molecule has 20 heavy (non-hydrogen) atoms. The van der Waals surface area contributed by atoms with Crippen LogP contribution in [0.15, 0.2) is 24.8 Å². The van der Waals surface area contributed by atoms with Crippen molar-refractivity contribution in [2.24, 2.45) is 11.8 Å². The van der Waals surface area contributed by atoms with E-state index in [4.69, 9.17) is 4.74 Å². The molecule has 0 saturated heterocycles. The van der Waals surface area contributed by atoms with Crippen molar-refractivity contribution in [1.82, 2.24) is 0 Å². The summed E-state index contributed by atoms with van der Waals surface area (Å²) in [5.74, 6) is -2.69. The van der Waals surface area contributed by atoms with Gasteiger partial charge in [0, 0.05) is 6.08 Å². The lowest BCUT2D eigenvalue weighted by Gasteiger charge is -2.23. The Balaban J connectivity index is 2.45. The summed E-state index contributed by atoms with van der Waals surface area (Å²) >= 11 is 0. The largest absolute Gasteiger partial charge is 0.469 e. The van der Waals surface area contributed by atoms with Crippen LogP contribution >= 0.6 is 0 Å². The average Bonchev–Trinajstić information content (AvgIpc) is 2.50. The molecule has 0 N–H and O–H groups in total. The average molecular weight is 282 g/mol. The number of methoxy groups -OCH3 is 1. The second-order valence-corrected chi connectivity index (χ2v) is 4.20. The van der Waals surface area contributed by atoms with Crippen molar-refractivity contribution < 1.29 is 28.6 Å². The Morgan fingerprint density at radius 2 is 1.95 bits per heavy atom. The fourth-order valence-corrected chi connectivity index (χ4v) is 1.93. The monoisotopic (exact) mass is 282 g/mol. The molecule has 0 aliphatic heterocycles. The van der Waals surface area contributed by atoms with Gasteiger partial charge in [0.2, 0.25) is 0 Å². The summed E-state index contributed by atoms with van der Waals surface area (Å²) in [5.41, 5.74) is 0. The molecular weight excluding hydrogens is 264 g/mol. The van der Waals surface area contributed by atoms with Crippen molar-refractivity contribution in [3.05, 3.63) is 24.8 Å². The van der Waals surface area contributed by atoms with Crippen LogP contribution in [0.3, 0.4) is 0 Å². The molecule has 1 aliphatic carbocycles. The van der Waals surface area contributed by atoms with Crippen molar-refractivity contribution in [3.8, 4) is 0 Å². The van der Waals surface area contributed by atoms with Crippen LogP contribution in [-0.2, 0) is 28.6 Å². The quantitative estimate of drug-likeness (QED) is 0.238. The van der Waals surface area contributed by atoms with E-state index in [1.165, 1.54) is 7.11 Å². The zero-order chi connectivity index (χ0) is 15.0. The van der Waals surface area contributed by atoms with E-state index in [0.717, 1.165) is 12.5 Å². The number of allylic oxidation sites excluding steroid dienone is 1. The number of hydrogen-bond donors (Lipinski definition) is 0. The normalized spacial score (nSPS) is 20.9. The molecule has 2 atom stereocenters. The van der Waals surface area contributed by atoms with Gasteiger partial charge in [0.1, 0.15) is 13.2 Å². The third kappa shape index (κ3) is 4.53. The summed E-state index contributed by atoms with van der Waals surface area (Å²) in [6, 6.07) is 0. The molecule has 0 bridgehead atoms. The second-order valence-electron chi connectivity index (χ2n) is 4.20. The molecule has 0 heterocycles. The first kappa shape index (κ1) is 15.9.